The highest BCUT2D eigenvalue weighted by Crippen LogP contribution is 2.22. The molecule has 0 amide bonds. The van der Waals surface area contributed by atoms with E-state index in [2.05, 4.69) is 25.1 Å². The SMILES string of the molecule is COc1cccc(-c2noc(COC(=O)c3csc(-c4ncccn4)n3)n2)c1. The van der Waals surface area contributed by atoms with Gasteiger partial charge in [0.1, 0.15) is 5.75 Å². The first-order valence-corrected chi connectivity index (χ1v) is 8.98. The molecule has 140 valence electrons. The summed E-state index contributed by atoms with van der Waals surface area (Å²) in [5.74, 6) is 1.08. The number of rotatable bonds is 6. The van der Waals surface area contributed by atoms with Crippen LogP contribution in [-0.4, -0.2) is 38.2 Å². The Morgan fingerprint density at radius 3 is 2.82 bits per heavy atom. The molecule has 0 aliphatic carbocycles. The van der Waals surface area contributed by atoms with Crippen molar-refractivity contribution in [1.29, 1.82) is 0 Å². The van der Waals surface area contributed by atoms with E-state index < -0.39 is 5.97 Å². The van der Waals surface area contributed by atoms with E-state index in [9.17, 15) is 4.79 Å². The fourth-order valence-corrected chi connectivity index (χ4v) is 3.01. The summed E-state index contributed by atoms with van der Waals surface area (Å²) in [4.78, 5) is 28.8. The number of methoxy groups -OCH3 is 1. The largest absolute Gasteiger partial charge is 0.497 e. The van der Waals surface area contributed by atoms with Crippen LogP contribution in [0.4, 0.5) is 0 Å². The van der Waals surface area contributed by atoms with Crippen LogP contribution in [0.3, 0.4) is 0 Å². The third-order valence-corrected chi connectivity index (χ3v) is 4.43. The summed E-state index contributed by atoms with van der Waals surface area (Å²) in [6, 6.07) is 8.94. The summed E-state index contributed by atoms with van der Waals surface area (Å²) in [6.07, 6.45) is 3.22. The van der Waals surface area contributed by atoms with Gasteiger partial charge in [-0.3, -0.25) is 0 Å². The topological polar surface area (TPSA) is 113 Å². The molecule has 1 aromatic carbocycles. The van der Waals surface area contributed by atoms with E-state index in [1.54, 1.807) is 37.0 Å². The molecular formula is C18H13N5O4S. The second-order valence-electron chi connectivity index (χ2n) is 5.43. The average Bonchev–Trinajstić information content (AvgIpc) is 3.43. The van der Waals surface area contributed by atoms with Gasteiger partial charge < -0.3 is 14.0 Å². The van der Waals surface area contributed by atoms with E-state index in [0.29, 0.717) is 22.4 Å². The van der Waals surface area contributed by atoms with Crippen molar-refractivity contribution in [2.75, 3.05) is 7.11 Å². The number of ether oxygens (including phenoxy) is 2. The zero-order valence-corrected chi connectivity index (χ0v) is 15.4. The summed E-state index contributed by atoms with van der Waals surface area (Å²) < 4.78 is 15.5. The normalized spacial score (nSPS) is 10.6. The zero-order valence-electron chi connectivity index (χ0n) is 14.6. The molecule has 28 heavy (non-hydrogen) atoms. The molecule has 0 bridgehead atoms. The smallest absolute Gasteiger partial charge is 0.358 e. The first kappa shape index (κ1) is 17.7. The number of nitrogens with zero attached hydrogens (tertiary/aromatic N) is 5. The van der Waals surface area contributed by atoms with Crippen molar-refractivity contribution in [3.05, 3.63) is 59.7 Å². The minimum Gasteiger partial charge on any atom is -0.497 e. The van der Waals surface area contributed by atoms with Crippen LogP contribution in [0.2, 0.25) is 0 Å². The van der Waals surface area contributed by atoms with Crippen LogP contribution in [-0.2, 0) is 11.3 Å². The predicted octanol–water partition coefficient (Wildman–Crippen LogP) is 3.02. The van der Waals surface area contributed by atoms with Crippen molar-refractivity contribution < 1.29 is 18.8 Å². The first-order chi connectivity index (χ1) is 13.7. The number of hydrogen-bond donors (Lipinski definition) is 0. The monoisotopic (exact) mass is 395 g/mol. The summed E-state index contributed by atoms with van der Waals surface area (Å²) >= 11 is 1.26. The number of esters is 1. The molecule has 0 saturated carbocycles. The van der Waals surface area contributed by atoms with Gasteiger partial charge in [0.05, 0.1) is 7.11 Å². The Morgan fingerprint density at radius 2 is 2.00 bits per heavy atom. The van der Waals surface area contributed by atoms with Gasteiger partial charge in [0, 0.05) is 23.3 Å². The van der Waals surface area contributed by atoms with Crippen molar-refractivity contribution in [2.24, 2.45) is 0 Å². The Hall–Kier alpha value is -3.66. The van der Waals surface area contributed by atoms with E-state index >= 15 is 0 Å². The second kappa shape index (κ2) is 7.92. The number of carbonyl (C=O) groups excluding carboxylic acids is 1. The molecule has 0 radical (unpaired) electrons. The van der Waals surface area contributed by atoms with E-state index in [0.717, 1.165) is 5.56 Å². The van der Waals surface area contributed by atoms with Crippen molar-refractivity contribution in [3.8, 4) is 28.0 Å². The molecule has 3 aromatic heterocycles. The van der Waals surface area contributed by atoms with Gasteiger partial charge in [0.15, 0.2) is 23.1 Å². The molecule has 4 rings (SSSR count). The van der Waals surface area contributed by atoms with Crippen molar-refractivity contribution in [2.45, 2.75) is 6.61 Å². The quantitative estimate of drug-likeness (QED) is 0.454. The van der Waals surface area contributed by atoms with Crippen LogP contribution in [0.25, 0.3) is 22.2 Å². The van der Waals surface area contributed by atoms with Gasteiger partial charge in [-0.25, -0.2) is 19.7 Å². The van der Waals surface area contributed by atoms with Crippen LogP contribution in [0.15, 0.2) is 52.6 Å². The number of thiazole rings is 1. The molecular weight excluding hydrogens is 382 g/mol. The van der Waals surface area contributed by atoms with Gasteiger partial charge in [-0.1, -0.05) is 17.3 Å². The Morgan fingerprint density at radius 1 is 1.14 bits per heavy atom. The van der Waals surface area contributed by atoms with E-state index in [1.807, 2.05) is 18.2 Å². The average molecular weight is 395 g/mol. The summed E-state index contributed by atoms with van der Waals surface area (Å²) in [5, 5.41) is 6.01. The summed E-state index contributed by atoms with van der Waals surface area (Å²) in [7, 11) is 1.58. The maximum atomic E-state index is 12.2. The van der Waals surface area contributed by atoms with Gasteiger partial charge in [-0.2, -0.15) is 4.98 Å². The Labute approximate surface area is 163 Å². The van der Waals surface area contributed by atoms with Crippen molar-refractivity contribution in [1.82, 2.24) is 25.1 Å². The molecule has 3 heterocycles. The molecule has 0 atom stereocenters. The lowest BCUT2D eigenvalue weighted by molar-refractivity contribution is 0.0424. The van der Waals surface area contributed by atoms with E-state index in [1.165, 1.54) is 11.3 Å². The summed E-state index contributed by atoms with van der Waals surface area (Å²) in [5.41, 5.74) is 0.896. The number of benzene rings is 1. The van der Waals surface area contributed by atoms with Gasteiger partial charge in [-0.15, -0.1) is 11.3 Å². The molecule has 0 unspecified atom stereocenters. The Kier molecular flexibility index (Phi) is 5.02. The lowest BCUT2D eigenvalue weighted by Crippen LogP contribution is -2.06. The van der Waals surface area contributed by atoms with Crippen LogP contribution in [0.1, 0.15) is 16.4 Å². The number of carbonyl (C=O) groups is 1. The molecule has 0 aliphatic heterocycles. The van der Waals surface area contributed by atoms with Crippen LogP contribution < -0.4 is 4.74 Å². The zero-order chi connectivity index (χ0) is 19.3. The minimum atomic E-state index is -0.598. The molecule has 0 saturated heterocycles. The third-order valence-electron chi connectivity index (χ3n) is 3.59. The summed E-state index contributed by atoms with van der Waals surface area (Å²) in [6.45, 7) is -0.162. The fourth-order valence-electron chi connectivity index (χ4n) is 2.27. The predicted molar refractivity (Wildman–Crippen MR) is 98.5 cm³/mol. The highest BCUT2D eigenvalue weighted by Gasteiger charge is 2.16. The van der Waals surface area contributed by atoms with Crippen molar-refractivity contribution in [3.63, 3.8) is 0 Å². The third kappa shape index (κ3) is 3.86. The lowest BCUT2D eigenvalue weighted by Gasteiger charge is -2.00. The van der Waals surface area contributed by atoms with E-state index in [4.69, 9.17) is 14.0 Å². The Balaban J connectivity index is 1.40. The van der Waals surface area contributed by atoms with Crippen LogP contribution in [0.5, 0.6) is 5.75 Å². The molecule has 0 aliphatic rings. The van der Waals surface area contributed by atoms with Crippen LogP contribution >= 0.6 is 11.3 Å². The molecule has 0 fully saturated rings. The number of aromatic nitrogens is 5. The van der Waals surface area contributed by atoms with Gasteiger partial charge >= 0.3 is 5.97 Å². The highest BCUT2D eigenvalue weighted by atomic mass is 32.1. The highest BCUT2D eigenvalue weighted by molar-refractivity contribution is 7.13. The standard InChI is InChI=1S/C18H13N5O4S/c1-25-12-5-2-4-11(8-12)15-22-14(27-23-15)9-26-18(24)13-10-28-17(21-13)16-19-6-3-7-20-16/h2-8,10H,9H2,1H3. The molecule has 4 aromatic rings. The Bertz CT molecular complexity index is 1100. The molecule has 10 heteroatoms. The lowest BCUT2D eigenvalue weighted by atomic mass is 10.2. The van der Waals surface area contributed by atoms with Gasteiger partial charge in [0.25, 0.3) is 5.89 Å². The number of hydrogen-bond acceptors (Lipinski definition) is 10. The van der Waals surface area contributed by atoms with Crippen molar-refractivity contribution >= 4 is 17.3 Å². The fraction of sp³-hybridized carbons (Fsp3) is 0.111. The first-order valence-electron chi connectivity index (χ1n) is 8.10. The maximum absolute atomic E-state index is 12.2. The molecule has 0 N–H and O–H groups in total. The minimum absolute atomic E-state index is 0.162. The maximum Gasteiger partial charge on any atom is 0.358 e. The van der Waals surface area contributed by atoms with Gasteiger partial charge in [0.2, 0.25) is 5.82 Å². The molecule has 9 nitrogen and oxygen atoms in total. The second-order valence-corrected chi connectivity index (χ2v) is 6.29. The van der Waals surface area contributed by atoms with Crippen LogP contribution in [0, 0.1) is 0 Å². The molecule has 0 spiro atoms. The van der Waals surface area contributed by atoms with Gasteiger partial charge in [-0.05, 0) is 18.2 Å². The van der Waals surface area contributed by atoms with E-state index in [-0.39, 0.29) is 18.2 Å².